The molecule has 0 spiro atoms. The van der Waals surface area contributed by atoms with E-state index in [-0.39, 0.29) is 6.04 Å². The topological polar surface area (TPSA) is 135 Å². The van der Waals surface area contributed by atoms with Crippen LogP contribution in [0.25, 0.3) is 0 Å². The van der Waals surface area contributed by atoms with Gasteiger partial charge in [0.05, 0.1) is 12.8 Å². The van der Waals surface area contributed by atoms with E-state index in [1.807, 2.05) is 0 Å². The molecule has 1 fully saturated rings. The van der Waals surface area contributed by atoms with Crippen molar-refractivity contribution in [1.29, 1.82) is 0 Å². The Kier molecular flexibility index (Phi) is 7.04. The highest BCUT2D eigenvalue weighted by atomic mass is 31.2. The van der Waals surface area contributed by atoms with Crippen molar-refractivity contribution in [2.45, 2.75) is 57.1 Å². The molecule has 31 heavy (non-hydrogen) atoms. The van der Waals surface area contributed by atoms with Gasteiger partial charge in [0.15, 0.2) is 11.9 Å². The monoisotopic (exact) mass is 458 g/mol. The summed E-state index contributed by atoms with van der Waals surface area (Å²) in [4.78, 5) is 13.2. The summed E-state index contributed by atoms with van der Waals surface area (Å²) in [5.74, 6) is 0.312. The number of alkyl halides is 1. The fourth-order valence-electron chi connectivity index (χ4n) is 3.25. The summed E-state index contributed by atoms with van der Waals surface area (Å²) in [6.07, 6.45) is -2.26. The number of ether oxygens (including phenoxy) is 1. The number of para-hydroxylation sites is 1. The molecule has 12 heteroatoms. The number of benzene rings is 1. The third-order valence-corrected chi connectivity index (χ3v) is 6.51. The number of hydrogen-bond donors (Lipinski definition) is 4. The predicted octanol–water partition coefficient (Wildman–Crippen LogP) is 1.83. The molecule has 1 aromatic carbocycles. The number of nitrogens with one attached hydrogen (secondary N) is 2. The molecule has 0 saturated carbocycles. The molecule has 0 bridgehead atoms. The molecule has 1 saturated heterocycles. The summed E-state index contributed by atoms with van der Waals surface area (Å²) in [5, 5.41) is 15.6. The van der Waals surface area contributed by atoms with Gasteiger partial charge in [-0.25, -0.2) is 18.8 Å². The minimum atomic E-state index is -3.88. The number of urea groups is 1. The van der Waals surface area contributed by atoms with Crippen LogP contribution in [0.15, 0.2) is 42.6 Å². The van der Waals surface area contributed by atoms with E-state index in [0.717, 1.165) is 11.8 Å². The van der Waals surface area contributed by atoms with Crippen molar-refractivity contribution >= 4 is 13.8 Å². The lowest BCUT2D eigenvalue weighted by molar-refractivity contribution is -0.0715. The Morgan fingerprint density at radius 3 is 2.71 bits per heavy atom. The zero-order chi connectivity index (χ0) is 22.8. The Balaban J connectivity index is 1.72. The first-order chi connectivity index (χ1) is 14.5. The molecule has 2 unspecified atom stereocenters. The van der Waals surface area contributed by atoms with Crippen molar-refractivity contribution < 1.29 is 32.6 Å². The zero-order valence-electron chi connectivity index (χ0n) is 17.5. The molecule has 0 aliphatic carbocycles. The summed E-state index contributed by atoms with van der Waals surface area (Å²) in [5.41, 5.74) is 3.28. The van der Waals surface area contributed by atoms with Gasteiger partial charge in [0.1, 0.15) is 18.0 Å². The predicted molar refractivity (Wildman–Crippen MR) is 111 cm³/mol. The highest BCUT2D eigenvalue weighted by molar-refractivity contribution is 7.52. The number of aliphatic hydroxyl groups excluding tert-OH is 1. The summed E-state index contributed by atoms with van der Waals surface area (Å²) >= 11 is 0. The van der Waals surface area contributed by atoms with Gasteiger partial charge < -0.3 is 25.4 Å². The molecule has 0 radical (unpaired) electrons. The van der Waals surface area contributed by atoms with E-state index in [9.17, 15) is 14.5 Å². The molecular weight excluding hydrogens is 430 g/mol. The Hall–Kier alpha value is -2.01. The van der Waals surface area contributed by atoms with E-state index < -0.39 is 50.7 Å². The van der Waals surface area contributed by atoms with Crippen LogP contribution in [0.3, 0.4) is 0 Å². The number of carbonyl (C=O) groups is 1. The Bertz CT molecular complexity index is 855. The molecule has 1 aromatic rings. The lowest BCUT2D eigenvalue weighted by Crippen LogP contribution is -2.57. The molecule has 0 aromatic heterocycles. The molecule has 172 valence electrons. The molecule has 2 heterocycles. The third-order valence-electron chi connectivity index (χ3n) is 4.74. The maximum atomic E-state index is 15.3. The maximum absolute atomic E-state index is 15.3. The average molecular weight is 458 g/mol. The number of rotatable bonds is 8. The van der Waals surface area contributed by atoms with E-state index in [0.29, 0.717) is 5.75 Å². The van der Waals surface area contributed by atoms with Gasteiger partial charge >= 0.3 is 13.8 Å². The van der Waals surface area contributed by atoms with E-state index in [4.69, 9.17) is 19.5 Å². The number of carbonyl (C=O) groups excluding carboxylic acids is 1. The normalized spacial score (nSPS) is 32.7. The second-order valence-corrected chi connectivity index (χ2v) is 9.52. The van der Waals surface area contributed by atoms with Gasteiger partial charge in [0.25, 0.3) is 0 Å². The van der Waals surface area contributed by atoms with Crippen molar-refractivity contribution in [3.8, 4) is 5.75 Å². The van der Waals surface area contributed by atoms with Crippen molar-refractivity contribution in [2.75, 3.05) is 6.61 Å². The number of amides is 2. The van der Waals surface area contributed by atoms with Crippen molar-refractivity contribution in [2.24, 2.45) is 5.73 Å². The van der Waals surface area contributed by atoms with Crippen LogP contribution in [0, 0.1) is 0 Å². The van der Waals surface area contributed by atoms with Crippen LogP contribution in [-0.4, -0.2) is 59.0 Å². The van der Waals surface area contributed by atoms with Gasteiger partial charge in [0, 0.05) is 12.2 Å². The third kappa shape index (κ3) is 5.43. The molecule has 2 aliphatic heterocycles. The van der Waals surface area contributed by atoms with Crippen LogP contribution in [0.5, 0.6) is 5.75 Å². The molecule has 2 aliphatic rings. The minimum absolute atomic E-state index is 0.255. The number of hydrogen-bond acceptors (Lipinski definition) is 7. The first-order valence-corrected chi connectivity index (χ1v) is 11.4. The molecule has 2 amide bonds. The van der Waals surface area contributed by atoms with E-state index in [1.165, 1.54) is 12.3 Å². The molecule has 3 rings (SSSR count). The SMILES string of the molecule is CC(C)NP(=O)(OC[C@H]1O[C@@H](N2C=CC(N)NC2=O)[C@](C)(F)[C@@H]1O)Oc1ccccc1. The van der Waals surface area contributed by atoms with Gasteiger partial charge in [-0.2, -0.15) is 0 Å². The Labute approximate surface area is 180 Å². The molecule has 10 nitrogen and oxygen atoms in total. The largest absolute Gasteiger partial charge is 0.459 e. The van der Waals surface area contributed by atoms with Gasteiger partial charge in [-0.05, 0) is 39.0 Å². The smallest absolute Gasteiger partial charge is 0.413 e. The number of nitrogens with zero attached hydrogens (tertiary/aromatic N) is 1. The summed E-state index contributed by atoms with van der Waals surface area (Å²) in [7, 11) is -3.88. The van der Waals surface area contributed by atoms with Crippen LogP contribution in [-0.2, 0) is 13.8 Å². The Morgan fingerprint density at radius 1 is 1.42 bits per heavy atom. The molecular formula is C19H28FN4O6P. The summed E-state index contributed by atoms with van der Waals surface area (Å²) in [6, 6.07) is 7.49. The Morgan fingerprint density at radius 2 is 2.10 bits per heavy atom. The van der Waals surface area contributed by atoms with Crippen molar-refractivity contribution in [3.05, 3.63) is 42.6 Å². The van der Waals surface area contributed by atoms with Crippen LogP contribution in [0.1, 0.15) is 20.8 Å². The fourth-order valence-corrected chi connectivity index (χ4v) is 4.81. The van der Waals surface area contributed by atoms with Gasteiger partial charge in [-0.1, -0.05) is 18.2 Å². The highest BCUT2D eigenvalue weighted by Gasteiger charge is 2.57. The molecule has 6 atom stereocenters. The lowest BCUT2D eigenvalue weighted by atomic mass is 9.98. The number of aliphatic hydroxyl groups is 1. The van der Waals surface area contributed by atoms with Crippen molar-refractivity contribution in [3.63, 3.8) is 0 Å². The quantitative estimate of drug-likeness (QED) is 0.434. The summed E-state index contributed by atoms with van der Waals surface area (Å²) < 4.78 is 45.1. The standard InChI is InChI=1S/C19H28FN4O6P/c1-12(2)23-31(27,30-13-7-5-4-6-8-13)28-11-14-16(25)19(3,20)17(29-14)24-10-9-15(21)22-18(24)26/h4-10,12,14-17,25H,11,21H2,1-3H3,(H,22,26)(H,23,27)/t14-,15?,16-,17-,19-,31?/m1/s1. The van der Waals surface area contributed by atoms with Gasteiger partial charge in [0.2, 0.25) is 0 Å². The van der Waals surface area contributed by atoms with Crippen LogP contribution >= 0.6 is 7.75 Å². The number of nitrogens with two attached hydrogens (primary N) is 1. The average Bonchev–Trinajstić information content (AvgIpc) is 2.90. The van der Waals surface area contributed by atoms with E-state index in [1.54, 1.807) is 44.2 Å². The van der Waals surface area contributed by atoms with Crippen LogP contribution in [0.4, 0.5) is 9.18 Å². The van der Waals surface area contributed by atoms with E-state index in [2.05, 4.69) is 10.4 Å². The van der Waals surface area contributed by atoms with Gasteiger partial charge in [-0.3, -0.25) is 9.42 Å². The highest BCUT2D eigenvalue weighted by Crippen LogP contribution is 2.46. The zero-order valence-corrected chi connectivity index (χ0v) is 18.4. The second-order valence-electron chi connectivity index (χ2n) is 7.83. The fraction of sp³-hybridized carbons (Fsp3) is 0.526. The first-order valence-electron chi connectivity index (χ1n) is 9.84. The first kappa shape index (κ1) is 23.6. The molecule has 5 N–H and O–H groups in total. The van der Waals surface area contributed by atoms with Gasteiger partial charge in [-0.15, -0.1) is 0 Å². The van der Waals surface area contributed by atoms with Crippen LogP contribution in [0.2, 0.25) is 0 Å². The second kappa shape index (κ2) is 9.23. The van der Waals surface area contributed by atoms with E-state index >= 15 is 4.39 Å². The minimum Gasteiger partial charge on any atom is -0.413 e. The van der Waals surface area contributed by atoms with Crippen molar-refractivity contribution in [1.82, 2.24) is 15.3 Å². The maximum Gasteiger partial charge on any atom is 0.459 e. The van der Waals surface area contributed by atoms with Crippen LogP contribution < -0.4 is 20.7 Å². The summed E-state index contributed by atoms with van der Waals surface area (Å²) in [6.45, 7) is 4.18. The lowest BCUT2D eigenvalue weighted by Gasteiger charge is -2.34. The number of halogens is 1.